The Kier molecular flexibility index (Phi) is 7.78. The Morgan fingerprint density at radius 3 is 1.52 bits per heavy atom. The Hall–Kier alpha value is -6.31. The van der Waals surface area contributed by atoms with Crippen LogP contribution in [0.3, 0.4) is 0 Å². The molecule has 6 aromatic carbocycles. The Labute approximate surface area is 282 Å². The van der Waals surface area contributed by atoms with Gasteiger partial charge in [0.2, 0.25) is 0 Å². The van der Waals surface area contributed by atoms with Crippen molar-refractivity contribution < 1.29 is 0 Å². The highest BCUT2D eigenvalue weighted by molar-refractivity contribution is 7.17. The fraction of sp³-hybridized carbons (Fsp3) is 0. The number of nitrogen functional groups attached to an aromatic ring is 1. The van der Waals surface area contributed by atoms with E-state index in [1.165, 1.54) is 0 Å². The van der Waals surface area contributed by atoms with Crippen LogP contribution in [0.4, 0.5) is 5.69 Å². The summed E-state index contributed by atoms with van der Waals surface area (Å²) in [6, 6.07) is 52.8. The van der Waals surface area contributed by atoms with Gasteiger partial charge in [0, 0.05) is 39.1 Å². The molecule has 0 saturated carbocycles. The van der Waals surface area contributed by atoms with Gasteiger partial charge in [0.25, 0.3) is 0 Å². The normalized spacial score (nSPS) is 11.0. The molecule has 0 spiro atoms. The molecule has 8 aromatic rings. The van der Waals surface area contributed by atoms with Crippen LogP contribution in [0.1, 0.15) is 0 Å². The molecule has 0 saturated heterocycles. The summed E-state index contributed by atoms with van der Waals surface area (Å²) in [5, 5.41) is 10.7. The molecule has 0 aliphatic heterocycles. The Balaban J connectivity index is 1.16. The van der Waals surface area contributed by atoms with Crippen LogP contribution in [0.15, 0.2) is 158 Å². The maximum Gasteiger partial charge on any atom is 0.164 e. The number of nitrogens with zero attached hydrogens (tertiary/aromatic N) is 5. The average Bonchev–Trinajstić information content (AvgIpc) is 3.67. The molecule has 228 valence electrons. The van der Waals surface area contributed by atoms with E-state index in [0.29, 0.717) is 23.2 Å². The molecule has 0 aliphatic rings. The van der Waals surface area contributed by atoms with Crippen molar-refractivity contribution in [1.29, 1.82) is 0 Å². The molecule has 0 fully saturated rings. The van der Waals surface area contributed by atoms with Gasteiger partial charge in [-0.15, -0.1) is 10.2 Å². The lowest BCUT2D eigenvalue weighted by molar-refractivity contribution is 1.07. The first kappa shape index (κ1) is 29.1. The van der Waals surface area contributed by atoms with Gasteiger partial charge in [-0.25, -0.2) is 15.0 Å². The van der Waals surface area contributed by atoms with Crippen LogP contribution in [0.2, 0.25) is 0 Å². The molecule has 2 aromatic heterocycles. The van der Waals surface area contributed by atoms with E-state index in [1.54, 1.807) is 11.3 Å². The first-order valence-corrected chi connectivity index (χ1v) is 16.4. The number of hydrogen-bond donors (Lipinski definition) is 1. The van der Waals surface area contributed by atoms with Crippen LogP contribution in [0, 0.1) is 0 Å². The highest BCUT2D eigenvalue weighted by atomic mass is 32.1. The first-order chi connectivity index (χ1) is 23.7. The third-order valence-corrected chi connectivity index (χ3v) is 9.14. The lowest BCUT2D eigenvalue weighted by Crippen LogP contribution is -2.01. The summed E-state index contributed by atoms with van der Waals surface area (Å²) in [5.74, 6) is 1.79. The molecular weight excluding hydrogens is 609 g/mol. The summed E-state index contributed by atoms with van der Waals surface area (Å²) < 4.78 is 0. The topological polar surface area (TPSA) is 90.5 Å². The number of hydrogen-bond acceptors (Lipinski definition) is 7. The zero-order valence-electron chi connectivity index (χ0n) is 25.7. The van der Waals surface area contributed by atoms with Crippen molar-refractivity contribution in [3.8, 4) is 77.6 Å². The SMILES string of the molecule is Nc1ccccc1-c1ccccc1-c1nc(-c2ccccc2)nc(-c2ccc(-c3cccc(-c4nnc(-c5ccccc5)s4)c3)cc2)n1. The third kappa shape index (κ3) is 5.86. The lowest BCUT2D eigenvalue weighted by Gasteiger charge is -2.13. The van der Waals surface area contributed by atoms with Crippen LogP contribution >= 0.6 is 11.3 Å². The molecule has 0 amide bonds. The minimum Gasteiger partial charge on any atom is -0.398 e. The Bertz CT molecular complexity index is 2350. The predicted molar refractivity (Wildman–Crippen MR) is 196 cm³/mol. The van der Waals surface area contributed by atoms with Gasteiger partial charge in [-0.1, -0.05) is 157 Å². The van der Waals surface area contributed by atoms with E-state index in [1.807, 2.05) is 91.0 Å². The maximum absolute atomic E-state index is 6.41. The van der Waals surface area contributed by atoms with Gasteiger partial charge in [-0.3, -0.25) is 0 Å². The van der Waals surface area contributed by atoms with Gasteiger partial charge in [0.1, 0.15) is 10.0 Å². The number of aromatic nitrogens is 5. The van der Waals surface area contributed by atoms with E-state index < -0.39 is 0 Å². The van der Waals surface area contributed by atoms with Crippen molar-refractivity contribution in [3.05, 3.63) is 158 Å². The Morgan fingerprint density at radius 1 is 0.354 bits per heavy atom. The summed E-state index contributed by atoms with van der Waals surface area (Å²) in [7, 11) is 0. The third-order valence-electron chi connectivity index (χ3n) is 8.12. The average molecular weight is 637 g/mol. The molecule has 0 atom stereocenters. The molecule has 2 N–H and O–H groups in total. The fourth-order valence-electron chi connectivity index (χ4n) is 5.68. The van der Waals surface area contributed by atoms with Crippen LogP contribution in [0.25, 0.3) is 77.6 Å². The van der Waals surface area contributed by atoms with E-state index in [-0.39, 0.29) is 0 Å². The van der Waals surface area contributed by atoms with Gasteiger partial charge in [0.15, 0.2) is 17.5 Å². The number of para-hydroxylation sites is 1. The largest absolute Gasteiger partial charge is 0.398 e. The van der Waals surface area contributed by atoms with Crippen molar-refractivity contribution in [3.63, 3.8) is 0 Å². The standard InChI is InChI=1S/C41H28N6S/c42-36-21-10-9-19-34(36)33-18-7-8-20-35(33)39-44-37(28-12-3-1-4-13-28)43-38(45-39)29-24-22-27(23-25-29)31-16-11-17-32(26-31)41-47-46-40(48-41)30-14-5-2-6-15-30/h1-26H,42H2. The molecule has 0 aliphatic carbocycles. The van der Waals surface area contributed by atoms with Gasteiger partial charge >= 0.3 is 0 Å². The molecule has 2 heterocycles. The van der Waals surface area contributed by atoms with Crippen molar-refractivity contribution >= 4 is 17.0 Å². The molecule has 48 heavy (non-hydrogen) atoms. The van der Waals surface area contributed by atoms with E-state index >= 15 is 0 Å². The van der Waals surface area contributed by atoms with Crippen LogP contribution in [0.5, 0.6) is 0 Å². The number of rotatable bonds is 7. The first-order valence-electron chi connectivity index (χ1n) is 15.6. The summed E-state index contributed by atoms with van der Waals surface area (Å²) in [6.45, 7) is 0. The summed E-state index contributed by atoms with van der Waals surface area (Å²) >= 11 is 1.59. The van der Waals surface area contributed by atoms with Gasteiger partial charge < -0.3 is 5.73 Å². The van der Waals surface area contributed by atoms with Crippen LogP contribution in [-0.2, 0) is 0 Å². The molecule has 0 radical (unpaired) electrons. The highest BCUT2D eigenvalue weighted by Gasteiger charge is 2.17. The van der Waals surface area contributed by atoms with Gasteiger partial charge in [0.05, 0.1) is 0 Å². The Morgan fingerprint density at radius 2 is 0.833 bits per heavy atom. The molecule has 0 unspecified atom stereocenters. The van der Waals surface area contributed by atoms with Gasteiger partial charge in [-0.05, 0) is 28.8 Å². The van der Waals surface area contributed by atoms with Crippen molar-refractivity contribution in [2.24, 2.45) is 0 Å². The predicted octanol–water partition coefficient (Wildman–Crippen LogP) is 9.97. The molecular formula is C41H28N6S. The summed E-state index contributed by atoms with van der Waals surface area (Å²) in [5.41, 5.74) is 16.0. The zero-order valence-corrected chi connectivity index (χ0v) is 26.5. The number of benzene rings is 6. The maximum atomic E-state index is 6.41. The van der Waals surface area contributed by atoms with Crippen molar-refractivity contribution in [2.45, 2.75) is 0 Å². The minimum atomic E-state index is 0.585. The van der Waals surface area contributed by atoms with E-state index in [9.17, 15) is 0 Å². The second-order valence-electron chi connectivity index (χ2n) is 11.2. The van der Waals surface area contributed by atoms with E-state index in [4.69, 9.17) is 20.7 Å². The summed E-state index contributed by atoms with van der Waals surface area (Å²) in [6.07, 6.45) is 0. The minimum absolute atomic E-state index is 0.585. The van der Waals surface area contributed by atoms with Crippen molar-refractivity contribution in [1.82, 2.24) is 25.1 Å². The number of nitrogens with two attached hydrogens (primary N) is 1. The van der Waals surface area contributed by atoms with Crippen molar-refractivity contribution in [2.75, 3.05) is 5.73 Å². The monoisotopic (exact) mass is 636 g/mol. The molecule has 7 heteroatoms. The van der Waals surface area contributed by atoms with Gasteiger partial charge in [-0.2, -0.15) is 0 Å². The summed E-state index contributed by atoms with van der Waals surface area (Å²) in [4.78, 5) is 14.9. The highest BCUT2D eigenvalue weighted by Crippen LogP contribution is 2.36. The quantitative estimate of drug-likeness (QED) is 0.175. The van der Waals surface area contributed by atoms with E-state index in [0.717, 1.165) is 60.1 Å². The molecule has 8 rings (SSSR count). The molecule has 6 nitrogen and oxygen atoms in total. The fourth-order valence-corrected chi connectivity index (χ4v) is 6.52. The zero-order chi connectivity index (χ0) is 32.3. The second kappa shape index (κ2) is 12.8. The van der Waals surface area contributed by atoms with E-state index in [2.05, 4.69) is 76.9 Å². The lowest BCUT2D eigenvalue weighted by atomic mass is 9.97. The number of anilines is 1. The van der Waals surface area contributed by atoms with Crippen LogP contribution < -0.4 is 5.73 Å². The van der Waals surface area contributed by atoms with Crippen LogP contribution in [-0.4, -0.2) is 25.1 Å². The second-order valence-corrected chi connectivity index (χ2v) is 12.2. The smallest absolute Gasteiger partial charge is 0.164 e. The molecule has 0 bridgehead atoms.